The second-order valence-electron chi connectivity index (χ2n) is 4.48. The van der Waals surface area contributed by atoms with Gasteiger partial charge in [-0.15, -0.1) is 0 Å². The molecule has 6 heteroatoms. The monoisotopic (exact) mass is 341 g/mol. The number of hydrogen-bond donors (Lipinski definition) is 2. The van der Waals surface area contributed by atoms with Crippen LogP contribution in [0.3, 0.4) is 0 Å². The summed E-state index contributed by atoms with van der Waals surface area (Å²) in [6.07, 6.45) is 3.42. The third-order valence-corrected chi connectivity index (χ3v) is 3.80. The molecular formula is C14H14BrF2N3. The van der Waals surface area contributed by atoms with E-state index < -0.39 is 17.7 Å². The van der Waals surface area contributed by atoms with Gasteiger partial charge >= 0.3 is 0 Å². The Balaban J connectivity index is 2.37. The van der Waals surface area contributed by atoms with Gasteiger partial charge in [0.25, 0.3) is 0 Å². The number of nitrogens with one attached hydrogen (secondary N) is 1. The Labute approximate surface area is 124 Å². The summed E-state index contributed by atoms with van der Waals surface area (Å²) < 4.78 is 28.0. The molecule has 0 aliphatic carbocycles. The van der Waals surface area contributed by atoms with E-state index in [4.69, 9.17) is 5.84 Å². The molecule has 106 valence electrons. The van der Waals surface area contributed by atoms with Gasteiger partial charge in [0.15, 0.2) is 0 Å². The highest BCUT2D eigenvalue weighted by Gasteiger charge is 2.19. The fraction of sp³-hybridized carbons (Fsp3) is 0.214. The molecule has 2 aromatic rings. The van der Waals surface area contributed by atoms with Crippen molar-refractivity contribution in [2.75, 3.05) is 0 Å². The van der Waals surface area contributed by atoms with Crippen LogP contribution >= 0.6 is 15.9 Å². The average Bonchev–Trinajstić information content (AvgIpc) is 2.45. The van der Waals surface area contributed by atoms with Crippen molar-refractivity contribution in [2.45, 2.75) is 19.4 Å². The minimum absolute atomic E-state index is 0.00135. The zero-order valence-electron chi connectivity index (χ0n) is 10.8. The van der Waals surface area contributed by atoms with Crippen LogP contribution in [0, 0.1) is 18.6 Å². The smallest absolute Gasteiger partial charge is 0.143 e. The third-order valence-electron chi connectivity index (χ3n) is 3.19. The second-order valence-corrected chi connectivity index (χ2v) is 5.33. The van der Waals surface area contributed by atoms with E-state index in [2.05, 4.69) is 26.3 Å². The molecule has 0 bridgehead atoms. The fourth-order valence-corrected chi connectivity index (χ4v) is 2.47. The van der Waals surface area contributed by atoms with Crippen molar-refractivity contribution >= 4 is 15.9 Å². The van der Waals surface area contributed by atoms with Gasteiger partial charge in [0.05, 0.1) is 10.5 Å². The molecule has 0 radical (unpaired) electrons. The highest BCUT2D eigenvalue weighted by molar-refractivity contribution is 9.10. The highest BCUT2D eigenvalue weighted by atomic mass is 79.9. The molecule has 0 saturated heterocycles. The van der Waals surface area contributed by atoms with Crippen LogP contribution in [-0.4, -0.2) is 4.98 Å². The summed E-state index contributed by atoms with van der Waals surface area (Å²) in [5.74, 6) is 4.35. The molecule has 1 aromatic heterocycles. The molecule has 3 N–H and O–H groups in total. The highest BCUT2D eigenvalue weighted by Crippen LogP contribution is 2.27. The summed E-state index contributed by atoms with van der Waals surface area (Å²) in [4.78, 5) is 3.99. The third kappa shape index (κ3) is 3.03. The lowest BCUT2D eigenvalue weighted by molar-refractivity contribution is 0.496. The van der Waals surface area contributed by atoms with Crippen LogP contribution < -0.4 is 11.3 Å². The van der Waals surface area contributed by atoms with Crippen molar-refractivity contribution in [3.63, 3.8) is 0 Å². The lowest BCUT2D eigenvalue weighted by Crippen LogP contribution is -2.30. The first kappa shape index (κ1) is 15.0. The number of nitrogens with two attached hydrogens (primary N) is 1. The summed E-state index contributed by atoms with van der Waals surface area (Å²) in [7, 11) is 0. The van der Waals surface area contributed by atoms with Crippen LogP contribution in [0.1, 0.15) is 22.7 Å². The SMILES string of the molecule is Cc1cnccc1C(Cc1c(F)ccc(Br)c1F)NN. The summed E-state index contributed by atoms with van der Waals surface area (Å²) >= 11 is 3.06. The number of hydrogen-bond acceptors (Lipinski definition) is 3. The van der Waals surface area contributed by atoms with Gasteiger partial charge in [-0.05, 0) is 58.6 Å². The maximum absolute atomic E-state index is 14.0. The number of benzene rings is 1. The van der Waals surface area contributed by atoms with Crippen LogP contribution in [-0.2, 0) is 6.42 Å². The molecule has 0 spiro atoms. The van der Waals surface area contributed by atoms with E-state index in [1.807, 2.05) is 6.92 Å². The largest absolute Gasteiger partial charge is 0.271 e. The van der Waals surface area contributed by atoms with E-state index in [0.29, 0.717) is 0 Å². The summed E-state index contributed by atoms with van der Waals surface area (Å²) in [6, 6.07) is 3.97. The Morgan fingerprint density at radius 3 is 2.75 bits per heavy atom. The van der Waals surface area contributed by atoms with Crippen molar-refractivity contribution in [3.8, 4) is 0 Å². The number of halogens is 3. The molecule has 1 heterocycles. The van der Waals surface area contributed by atoms with Crippen LogP contribution in [0.2, 0.25) is 0 Å². The van der Waals surface area contributed by atoms with Crippen molar-refractivity contribution in [2.24, 2.45) is 5.84 Å². The van der Waals surface area contributed by atoms with Gasteiger partial charge in [0, 0.05) is 18.0 Å². The van der Waals surface area contributed by atoms with Gasteiger partial charge in [-0.1, -0.05) is 0 Å². The predicted octanol–water partition coefficient (Wildman–Crippen LogP) is 3.18. The molecule has 0 saturated carbocycles. The van der Waals surface area contributed by atoms with E-state index in [1.54, 1.807) is 18.5 Å². The molecule has 0 amide bonds. The molecule has 0 aliphatic rings. The van der Waals surface area contributed by atoms with E-state index in [0.717, 1.165) is 11.1 Å². The van der Waals surface area contributed by atoms with Gasteiger partial charge < -0.3 is 0 Å². The molecular weight excluding hydrogens is 328 g/mol. The number of aromatic nitrogens is 1. The fourth-order valence-electron chi connectivity index (χ4n) is 2.09. The minimum Gasteiger partial charge on any atom is -0.271 e. The molecule has 1 unspecified atom stereocenters. The predicted molar refractivity (Wildman–Crippen MR) is 76.8 cm³/mol. The van der Waals surface area contributed by atoms with E-state index in [1.165, 1.54) is 12.1 Å². The van der Waals surface area contributed by atoms with Crippen molar-refractivity contribution in [3.05, 3.63) is 63.4 Å². The molecule has 0 fully saturated rings. The Kier molecular flexibility index (Phi) is 4.80. The first-order chi connectivity index (χ1) is 9.54. The van der Waals surface area contributed by atoms with Crippen molar-refractivity contribution < 1.29 is 8.78 Å². The van der Waals surface area contributed by atoms with E-state index in [9.17, 15) is 8.78 Å². The van der Waals surface area contributed by atoms with Crippen LogP contribution in [0.15, 0.2) is 35.1 Å². The first-order valence-corrected chi connectivity index (χ1v) is 6.83. The Morgan fingerprint density at radius 1 is 1.35 bits per heavy atom. The summed E-state index contributed by atoms with van der Waals surface area (Å²) in [6.45, 7) is 1.88. The lowest BCUT2D eigenvalue weighted by atomic mass is 9.96. The molecule has 1 aromatic carbocycles. The van der Waals surface area contributed by atoms with Gasteiger partial charge in [0.2, 0.25) is 0 Å². The number of hydrazine groups is 1. The van der Waals surface area contributed by atoms with Crippen molar-refractivity contribution in [1.29, 1.82) is 0 Å². The van der Waals surface area contributed by atoms with Crippen LogP contribution in [0.5, 0.6) is 0 Å². The second kappa shape index (κ2) is 6.39. The summed E-state index contributed by atoms with van der Waals surface area (Å²) in [5, 5.41) is 0. The number of aryl methyl sites for hydroxylation is 1. The maximum Gasteiger partial charge on any atom is 0.143 e. The molecule has 3 nitrogen and oxygen atoms in total. The number of pyridine rings is 1. The normalized spacial score (nSPS) is 12.4. The van der Waals surface area contributed by atoms with Gasteiger partial charge in [0.1, 0.15) is 11.6 Å². The van der Waals surface area contributed by atoms with Crippen LogP contribution in [0.25, 0.3) is 0 Å². The lowest BCUT2D eigenvalue weighted by Gasteiger charge is -2.19. The number of nitrogens with zero attached hydrogens (tertiary/aromatic N) is 1. The first-order valence-electron chi connectivity index (χ1n) is 6.03. The van der Waals surface area contributed by atoms with Gasteiger partial charge in [-0.25, -0.2) is 8.78 Å². The maximum atomic E-state index is 14.0. The topological polar surface area (TPSA) is 50.9 Å². The molecule has 0 aliphatic heterocycles. The minimum atomic E-state index is -0.600. The van der Waals surface area contributed by atoms with Crippen molar-refractivity contribution in [1.82, 2.24) is 10.4 Å². The van der Waals surface area contributed by atoms with Gasteiger partial charge in [-0.3, -0.25) is 16.3 Å². The molecule has 1 atom stereocenters. The molecule has 2 rings (SSSR count). The summed E-state index contributed by atoms with van der Waals surface area (Å²) in [5.41, 5.74) is 4.37. The van der Waals surface area contributed by atoms with E-state index in [-0.39, 0.29) is 16.5 Å². The Hall–Kier alpha value is -1.37. The quantitative estimate of drug-likeness (QED) is 0.510. The Morgan fingerprint density at radius 2 is 2.10 bits per heavy atom. The van der Waals surface area contributed by atoms with Crippen LogP contribution in [0.4, 0.5) is 8.78 Å². The van der Waals surface area contributed by atoms with E-state index >= 15 is 0 Å². The zero-order valence-corrected chi connectivity index (χ0v) is 12.4. The Bertz CT molecular complexity index is 619. The zero-order chi connectivity index (χ0) is 14.7. The number of rotatable bonds is 4. The molecule has 20 heavy (non-hydrogen) atoms. The van der Waals surface area contributed by atoms with Gasteiger partial charge in [-0.2, -0.15) is 0 Å². The average molecular weight is 342 g/mol. The standard InChI is InChI=1S/C14H14BrF2N3/c1-8-7-19-5-4-9(8)13(20-18)6-10-12(16)3-2-11(15)14(10)17/h2-5,7,13,20H,6,18H2,1H3.